The van der Waals surface area contributed by atoms with Crippen molar-refractivity contribution in [3.8, 4) is 23.0 Å². The molecule has 0 bridgehead atoms. The number of hydrogen-bond acceptors (Lipinski definition) is 8. The van der Waals surface area contributed by atoms with Crippen LogP contribution in [0.25, 0.3) is 0 Å². The first-order chi connectivity index (χ1) is 15.0. The fourth-order valence-corrected chi connectivity index (χ4v) is 4.07. The van der Waals surface area contributed by atoms with Gasteiger partial charge in [-0.25, -0.2) is 0 Å². The molecule has 4 rings (SSSR count). The van der Waals surface area contributed by atoms with E-state index in [2.05, 4.69) is 0 Å². The Labute approximate surface area is 179 Å². The third-order valence-corrected chi connectivity index (χ3v) is 5.51. The number of cyclic esters (lactones) is 1. The molecular formula is C23H24O8. The normalized spacial score (nSPS) is 20.2. The van der Waals surface area contributed by atoms with Crippen LogP contribution in [-0.2, 0) is 25.5 Å². The maximum atomic E-state index is 12.7. The van der Waals surface area contributed by atoms with Gasteiger partial charge in [0.1, 0.15) is 12.0 Å². The van der Waals surface area contributed by atoms with E-state index in [4.69, 9.17) is 28.4 Å². The molecule has 2 aromatic rings. The Balaban J connectivity index is 1.64. The number of fused-ring (bicyclic) bond motifs is 1. The van der Waals surface area contributed by atoms with Crippen LogP contribution in [0.4, 0.5) is 0 Å². The van der Waals surface area contributed by atoms with Crippen molar-refractivity contribution >= 4 is 11.9 Å². The molecular weight excluding hydrogens is 404 g/mol. The van der Waals surface area contributed by atoms with Crippen molar-refractivity contribution < 1.29 is 38.0 Å². The van der Waals surface area contributed by atoms with E-state index in [9.17, 15) is 9.59 Å². The lowest BCUT2D eigenvalue weighted by Crippen LogP contribution is -2.28. The summed E-state index contributed by atoms with van der Waals surface area (Å²) in [6.07, 6.45) is -0.260. The molecule has 2 aliphatic rings. The van der Waals surface area contributed by atoms with Crippen molar-refractivity contribution in [3.63, 3.8) is 0 Å². The lowest BCUT2D eigenvalue weighted by Gasteiger charge is -2.26. The number of esters is 2. The van der Waals surface area contributed by atoms with Gasteiger partial charge in [-0.15, -0.1) is 0 Å². The molecule has 2 aliphatic heterocycles. The molecule has 2 heterocycles. The van der Waals surface area contributed by atoms with Gasteiger partial charge in [0.05, 0.1) is 20.8 Å². The molecule has 3 atom stereocenters. The summed E-state index contributed by atoms with van der Waals surface area (Å²) in [6.45, 7) is 1.75. The highest BCUT2D eigenvalue weighted by Crippen LogP contribution is 2.42. The average Bonchev–Trinajstić information content (AvgIpc) is 3.37. The van der Waals surface area contributed by atoms with Crippen molar-refractivity contribution in [1.82, 2.24) is 0 Å². The zero-order chi connectivity index (χ0) is 22.0. The van der Waals surface area contributed by atoms with Gasteiger partial charge in [-0.3, -0.25) is 9.59 Å². The van der Waals surface area contributed by atoms with Gasteiger partial charge in [-0.1, -0.05) is 12.1 Å². The van der Waals surface area contributed by atoms with Crippen LogP contribution in [-0.4, -0.2) is 39.6 Å². The fraction of sp³-hybridized carbons (Fsp3) is 0.391. The van der Waals surface area contributed by atoms with E-state index in [1.807, 2.05) is 18.2 Å². The zero-order valence-corrected chi connectivity index (χ0v) is 17.6. The Morgan fingerprint density at radius 1 is 1.03 bits per heavy atom. The monoisotopic (exact) mass is 428 g/mol. The van der Waals surface area contributed by atoms with Crippen LogP contribution in [0.15, 0.2) is 36.4 Å². The maximum Gasteiger partial charge on any atom is 0.313 e. The summed E-state index contributed by atoms with van der Waals surface area (Å²) < 4.78 is 32.5. The van der Waals surface area contributed by atoms with Gasteiger partial charge >= 0.3 is 11.9 Å². The summed E-state index contributed by atoms with van der Waals surface area (Å²) in [6, 6.07) is 10.9. The number of carbonyl (C=O) groups excluding carboxylic acids is 2. The molecule has 0 spiro atoms. The average molecular weight is 428 g/mol. The van der Waals surface area contributed by atoms with Gasteiger partial charge in [-0.05, 0) is 41.8 Å². The van der Waals surface area contributed by atoms with Gasteiger partial charge in [0.2, 0.25) is 6.79 Å². The first kappa shape index (κ1) is 20.8. The van der Waals surface area contributed by atoms with E-state index in [1.54, 1.807) is 18.2 Å². The number of rotatable bonds is 7. The molecule has 0 saturated carbocycles. The summed E-state index contributed by atoms with van der Waals surface area (Å²) in [5, 5.41) is 0. The summed E-state index contributed by atoms with van der Waals surface area (Å²) >= 11 is 0. The number of ether oxygens (including phenoxy) is 6. The first-order valence-electron chi connectivity index (χ1n) is 9.94. The van der Waals surface area contributed by atoms with Crippen molar-refractivity contribution in [2.75, 3.05) is 27.6 Å². The summed E-state index contributed by atoms with van der Waals surface area (Å²) in [5.74, 6) is 0.665. The van der Waals surface area contributed by atoms with E-state index in [0.717, 1.165) is 5.56 Å². The molecule has 3 unspecified atom stereocenters. The van der Waals surface area contributed by atoms with Gasteiger partial charge in [0.25, 0.3) is 0 Å². The Hall–Kier alpha value is -3.42. The lowest BCUT2D eigenvalue weighted by atomic mass is 9.82. The van der Waals surface area contributed by atoms with Crippen LogP contribution in [0.1, 0.15) is 24.2 Å². The number of carbonyl (C=O) groups is 2. The smallest absolute Gasteiger partial charge is 0.313 e. The highest BCUT2D eigenvalue weighted by Gasteiger charge is 2.45. The Kier molecular flexibility index (Phi) is 5.88. The number of hydrogen-bond donors (Lipinski definition) is 0. The molecule has 0 aliphatic carbocycles. The predicted molar refractivity (Wildman–Crippen MR) is 108 cm³/mol. The van der Waals surface area contributed by atoms with Crippen molar-refractivity contribution in [2.45, 2.75) is 19.4 Å². The molecule has 1 saturated heterocycles. The maximum absolute atomic E-state index is 12.7. The largest absolute Gasteiger partial charge is 0.493 e. The molecule has 164 valence electrons. The molecule has 0 N–H and O–H groups in total. The second kappa shape index (κ2) is 8.75. The highest BCUT2D eigenvalue weighted by atomic mass is 16.7. The Morgan fingerprint density at radius 2 is 1.81 bits per heavy atom. The summed E-state index contributed by atoms with van der Waals surface area (Å²) in [4.78, 5) is 24.6. The summed E-state index contributed by atoms with van der Waals surface area (Å²) in [5.41, 5.74) is 1.61. The number of methoxy groups -OCH3 is 2. The van der Waals surface area contributed by atoms with E-state index in [1.165, 1.54) is 21.1 Å². The van der Waals surface area contributed by atoms with Gasteiger partial charge in [-0.2, -0.15) is 0 Å². The summed E-state index contributed by atoms with van der Waals surface area (Å²) in [7, 11) is 3.06. The molecule has 1 fully saturated rings. The van der Waals surface area contributed by atoms with E-state index in [0.29, 0.717) is 35.0 Å². The van der Waals surface area contributed by atoms with Crippen LogP contribution in [0.3, 0.4) is 0 Å². The van der Waals surface area contributed by atoms with Crippen molar-refractivity contribution in [2.24, 2.45) is 11.8 Å². The number of benzene rings is 2. The highest BCUT2D eigenvalue weighted by molar-refractivity contribution is 5.77. The molecule has 2 aromatic carbocycles. The fourth-order valence-electron chi connectivity index (χ4n) is 4.07. The SMILES string of the molecule is COc1ccc(C(OC(C)=O)C2C(=O)OCC2Cc2ccc3c(c2)OCO3)cc1OC. The molecule has 0 amide bonds. The van der Waals surface area contributed by atoms with Gasteiger partial charge in [0, 0.05) is 12.8 Å². The van der Waals surface area contributed by atoms with Crippen LogP contribution >= 0.6 is 0 Å². The van der Waals surface area contributed by atoms with Gasteiger partial charge in [0.15, 0.2) is 23.0 Å². The van der Waals surface area contributed by atoms with Crippen molar-refractivity contribution in [1.29, 1.82) is 0 Å². The third kappa shape index (κ3) is 4.23. The zero-order valence-electron chi connectivity index (χ0n) is 17.6. The van der Waals surface area contributed by atoms with E-state index >= 15 is 0 Å². The standard InChI is InChI=1S/C23H24O8/c1-13(24)31-22(15-5-7-17(26-2)19(10-15)27-3)21-16(11-28-23(21)25)8-14-4-6-18-20(9-14)30-12-29-18/h4-7,9-10,16,21-22H,8,11-12H2,1-3H3. The Bertz CT molecular complexity index is 986. The van der Waals surface area contributed by atoms with Crippen LogP contribution < -0.4 is 18.9 Å². The molecule has 31 heavy (non-hydrogen) atoms. The quantitative estimate of drug-likeness (QED) is 0.622. The van der Waals surface area contributed by atoms with Crippen molar-refractivity contribution in [3.05, 3.63) is 47.5 Å². The second-order valence-corrected chi connectivity index (χ2v) is 7.45. The van der Waals surface area contributed by atoms with E-state index in [-0.39, 0.29) is 19.3 Å². The first-order valence-corrected chi connectivity index (χ1v) is 9.94. The predicted octanol–water partition coefficient (Wildman–Crippen LogP) is 3.07. The molecule has 8 heteroatoms. The van der Waals surface area contributed by atoms with Crippen LogP contribution in [0.2, 0.25) is 0 Å². The minimum Gasteiger partial charge on any atom is -0.493 e. The molecule has 0 aromatic heterocycles. The van der Waals surface area contributed by atoms with Crippen LogP contribution in [0.5, 0.6) is 23.0 Å². The van der Waals surface area contributed by atoms with Gasteiger partial charge < -0.3 is 28.4 Å². The third-order valence-electron chi connectivity index (χ3n) is 5.51. The minimum absolute atomic E-state index is 0.190. The topological polar surface area (TPSA) is 89.5 Å². The van der Waals surface area contributed by atoms with Crippen LogP contribution in [0, 0.1) is 11.8 Å². The lowest BCUT2D eigenvalue weighted by molar-refractivity contribution is -0.155. The molecule has 8 nitrogen and oxygen atoms in total. The molecule has 0 radical (unpaired) electrons. The second-order valence-electron chi connectivity index (χ2n) is 7.45. The Morgan fingerprint density at radius 3 is 2.55 bits per heavy atom. The van der Waals surface area contributed by atoms with E-state index < -0.39 is 24.0 Å². The minimum atomic E-state index is -0.814.